The minimum absolute atomic E-state index is 0.104. The van der Waals surface area contributed by atoms with Crippen LogP contribution >= 0.6 is 11.8 Å². The van der Waals surface area contributed by atoms with Crippen LogP contribution in [0.3, 0.4) is 0 Å². The van der Waals surface area contributed by atoms with Crippen molar-refractivity contribution in [3.8, 4) is 0 Å². The van der Waals surface area contributed by atoms with Gasteiger partial charge in [-0.25, -0.2) is 0 Å². The smallest absolute Gasteiger partial charge is 0.238 e. The predicted octanol–water partition coefficient (Wildman–Crippen LogP) is 1.80. The summed E-state index contributed by atoms with van der Waals surface area (Å²) in [5.41, 5.74) is 0.932. The molecule has 7 nitrogen and oxygen atoms in total. The molecule has 2 heterocycles. The van der Waals surface area contributed by atoms with Crippen molar-refractivity contribution in [1.29, 1.82) is 0 Å². The quantitative estimate of drug-likeness (QED) is 0.755. The first kappa shape index (κ1) is 18.0. The number of thioether (sulfide) groups is 1. The fourth-order valence-corrected chi connectivity index (χ4v) is 2.57. The zero-order valence-electron chi connectivity index (χ0n) is 13.6. The second-order valence-corrected chi connectivity index (χ2v) is 6.52. The van der Waals surface area contributed by atoms with Crippen LogP contribution in [-0.2, 0) is 16.0 Å². The van der Waals surface area contributed by atoms with E-state index in [1.165, 1.54) is 11.8 Å². The molecule has 8 heteroatoms. The molecule has 2 aromatic heterocycles. The number of nitrogens with zero attached hydrogens (tertiary/aromatic N) is 2. The van der Waals surface area contributed by atoms with Gasteiger partial charge in [-0.2, -0.15) is 0 Å². The molecule has 2 N–H and O–H groups in total. The number of aromatic nitrogens is 2. The molecular weight excluding hydrogens is 328 g/mol. The van der Waals surface area contributed by atoms with Crippen LogP contribution in [0.5, 0.6) is 0 Å². The molecule has 0 fully saturated rings. The third-order valence-electron chi connectivity index (χ3n) is 3.14. The Hall–Kier alpha value is -2.35. The molecule has 2 amide bonds. The standard InChI is InChI=1S/C16H20N4O3S/c1-11-9-14(20-23-11)19-16(22)12(2)24-10-15(21)18-8-6-13-5-3-4-7-17-13/h3-5,7,9,12H,6,8,10H2,1-2H3,(H,18,21)(H,19,20,22). The van der Waals surface area contributed by atoms with Crippen LogP contribution < -0.4 is 10.6 Å². The molecule has 0 bridgehead atoms. The Morgan fingerprint density at radius 2 is 2.21 bits per heavy atom. The summed E-state index contributed by atoms with van der Waals surface area (Å²) in [4.78, 5) is 28.0. The topological polar surface area (TPSA) is 97.1 Å². The molecule has 1 unspecified atom stereocenters. The van der Waals surface area contributed by atoms with Gasteiger partial charge in [-0.05, 0) is 26.0 Å². The van der Waals surface area contributed by atoms with Crippen molar-refractivity contribution in [2.45, 2.75) is 25.5 Å². The lowest BCUT2D eigenvalue weighted by atomic mass is 10.3. The number of carbonyl (C=O) groups excluding carboxylic acids is 2. The molecule has 2 rings (SSSR count). The van der Waals surface area contributed by atoms with Crippen LogP contribution in [0.1, 0.15) is 18.4 Å². The molecule has 0 spiro atoms. The molecule has 0 saturated carbocycles. The number of rotatable bonds is 8. The normalized spacial score (nSPS) is 11.8. The van der Waals surface area contributed by atoms with E-state index < -0.39 is 0 Å². The van der Waals surface area contributed by atoms with Gasteiger partial charge < -0.3 is 15.2 Å². The number of pyridine rings is 1. The molecular formula is C16H20N4O3S. The van der Waals surface area contributed by atoms with E-state index in [0.717, 1.165) is 5.69 Å². The minimum atomic E-state index is -0.372. The first-order valence-corrected chi connectivity index (χ1v) is 8.62. The van der Waals surface area contributed by atoms with Crippen LogP contribution in [0, 0.1) is 6.92 Å². The van der Waals surface area contributed by atoms with Crippen molar-refractivity contribution < 1.29 is 14.1 Å². The molecule has 0 aliphatic carbocycles. The first-order chi connectivity index (χ1) is 11.5. The molecule has 0 radical (unpaired) electrons. The predicted molar refractivity (Wildman–Crippen MR) is 92.7 cm³/mol. The Morgan fingerprint density at radius 1 is 1.38 bits per heavy atom. The van der Waals surface area contributed by atoms with Gasteiger partial charge in [0.25, 0.3) is 0 Å². The number of carbonyl (C=O) groups is 2. The SMILES string of the molecule is Cc1cc(NC(=O)C(C)SCC(=O)NCCc2ccccn2)no1. The van der Waals surface area contributed by atoms with Crippen molar-refractivity contribution in [3.05, 3.63) is 41.9 Å². The molecule has 0 aliphatic heterocycles. The third-order valence-corrected chi connectivity index (χ3v) is 4.29. The molecule has 2 aromatic rings. The summed E-state index contributed by atoms with van der Waals surface area (Å²) in [7, 11) is 0. The van der Waals surface area contributed by atoms with Crippen molar-refractivity contribution in [1.82, 2.24) is 15.5 Å². The average Bonchev–Trinajstić information content (AvgIpc) is 2.98. The van der Waals surface area contributed by atoms with Crippen LogP contribution in [-0.4, -0.2) is 39.5 Å². The lowest BCUT2D eigenvalue weighted by molar-refractivity contribution is -0.118. The zero-order valence-corrected chi connectivity index (χ0v) is 14.4. The van der Waals surface area contributed by atoms with Gasteiger partial charge in [0.2, 0.25) is 11.8 Å². The zero-order chi connectivity index (χ0) is 17.4. The molecule has 0 aromatic carbocycles. The maximum Gasteiger partial charge on any atom is 0.238 e. The van der Waals surface area contributed by atoms with Crippen LogP contribution in [0.2, 0.25) is 0 Å². The maximum atomic E-state index is 12.0. The summed E-state index contributed by atoms with van der Waals surface area (Å²) in [6, 6.07) is 7.32. The van der Waals surface area contributed by atoms with Gasteiger partial charge in [-0.15, -0.1) is 11.8 Å². The third kappa shape index (κ3) is 6.04. The lowest BCUT2D eigenvalue weighted by Gasteiger charge is -2.10. The lowest BCUT2D eigenvalue weighted by Crippen LogP contribution is -2.30. The van der Waals surface area contributed by atoms with Crippen molar-refractivity contribution in [2.75, 3.05) is 17.6 Å². The highest BCUT2D eigenvalue weighted by Gasteiger charge is 2.16. The summed E-state index contributed by atoms with van der Waals surface area (Å²) in [6.45, 7) is 4.01. The summed E-state index contributed by atoms with van der Waals surface area (Å²) in [6.07, 6.45) is 2.41. The van der Waals surface area contributed by atoms with Gasteiger partial charge >= 0.3 is 0 Å². The number of nitrogens with one attached hydrogen (secondary N) is 2. The highest BCUT2D eigenvalue weighted by atomic mass is 32.2. The summed E-state index contributed by atoms with van der Waals surface area (Å²) < 4.78 is 4.88. The van der Waals surface area contributed by atoms with E-state index in [1.807, 2.05) is 18.2 Å². The molecule has 0 saturated heterocycles. The maximum absolute atomic E-state index is 12.0. The largest absolute Gasteiger partial charge is 0.360 e. The van der Waals surface area contributed by atoms with E-state index in [-0.39, 0.29) is 22.8 Å². The number of amides is 2. The second kappa shape index (κ2) is 9.07. The van der Waals surface area contributed by atoms with Gasteiger partial charge in [0.05, 0.1) is 11.0 Å². The number of hydrogen-bond acceptors (Lipinski definition) is 6. The van der Waals surface area contributed by atoms with E-state index in [9.17, 15) is 9.59 Å². The number of aryl methyl sites for hydroxylation is 1. The molecule has 24 heavy (non-hydrogen) atoms. The summed E-state index contributed by atoms with van der Waals surface area (Å²) >= 11 is 1.27. The molecule has 128 valence electrons. The van der Waals surface area contributed by atoms with Gasteiger partial charge in [0, 0.05) is 30.9 Å². The van der Waals surface area contributed by atoms with E-state index in [4.69, 9.17) is 4.52 Å². The Morgan fingerprint density at radius 3 is 2.88 bits per heavy atom. The van der Waals surface area contributed by atoms with E-state index in [1.54, 1.807) is 26.1 Å². The summed E-state index contributed by atoms with van der Waals surface area (Å²) in [5, 5.41) is 8.80. The van der Waals surface area contributed by atoms with Gasteiger partial charge in [-0.3, -0.25) is 14.6 Å². The Bertz CT molecular complexity index is 675. The average molecular weight is 348 g/mol. The van der Waals surface area contributed by atoms with Gasteiger partial charge in [-0.1, -0.05) is 11.2 Å². The molecule has 0 aliphatic rings. The molecule has 1 atom stereocenters. The second-order valence-electron chi connectivity index (χ2n) is 5.19. The first-order valence-electron chi connectivity index (χ1n) is 7.57. The highest BCUT2D eigenvalue weighted by molar-refractivity contribution is 8.01. The van der Waals surface area contributed by atoms with Crippen LogP contribution in [0.15, 0.2) is 35.0 Å². The fraction of sp³-hybridized carbons (Fsp3) is 0.375. The van der Waals surface area contributed by atoms with Crippen molar-refractivity contribution in [3.63, 3.8) is 0 Å². The van der Waals surface area contributed by atoms with E-state index in [0.29, 0.717) is 24.5 Å². The van der Waals surface area contributed by atoms with Crippen LogP contribution in [0.4, 0.5) is 5.82 Å². The number of anilines is 1. The fourth-order valence-electron chi connectivity index (χ4n) is 1.86. The summed E-state index contributed by atoms with van der Waals surface area (Å²) in [5.74, 6) is 0.902. The van der Waals surface area contributed by atoms with E-state index >= 15 is 0 Å². The monoisotopic (exact) mass is 348 g/mol. The van der Waals surface area contributed by atoms with Gasteiger partial charge in [0.15, 0.2) is 5.82 Å². The minimum Gasteiger partial charge on any atom is -0.360 e. The van der Waals surface area contributed by atoms with Crippen molar-refractivity contribution >= 4 is 29.4 Å². The van der Waals surface area contributed by atoms with Crippen molar-refractivity contribution in [2.24, 2.45) is 0 Å². The number of hydrogen-bond donors (Lipinski definition) is 2. The Balaban J connectivity index is 1.64. The Kier molecular flexibility index (Phi) is 6.80. The van der Waals surface area contributed by atoms with Crippen LogP contribution in [0.25, 0.3) is 0 Å². The van der Waals surface area contributed by atoms with E-state index in [2.05, 4.69) is 20.8 Å². The van der Waals surface area contributed by atoms with Gasteiger partial charge in [0.1, 0.15) is 5.76 Å². The highest BCUT2D eigenvalue weighted by Crippen LogP contribution is 2.14. The Labute approximate surface area is 144 Å².